The van der Waals surface area contributed by atoms with Crippen LogP contribution in [0, 0.1) is 5.92 Å². The smallest absolute Gasteiger partial charge is 0.339 e. The predicted octanol–water partition coefficient (Wildman–Crippen LogP) is 3.92. The minimum absolute atomic E-state index is 0.267. The topological polar surface area (TPSA) is 83.1 Å². The molecule has 29 heavy (non-hydrogen) atoms. The molecule has 0 heterocycles. The summed E-state index contributed by atoms with van der Waals surface area (Å²) in [5.41, 5.74) is 0.842. The summed E-state index contributed by atoms with van der Waals surface area (Å²) < 4.78 is 21.3. The molecule has 0 bridgehead atoms. The summed E-state index contributed by atoms with van der Waals surface area (Å²) in [5.74, 6) is 0.939. The van der Waals surface area contributed by atoms with Crippen molar-refractivity contribution in [2.45, 2.75) is 26.9 Å². The summed E-state index contributed by atoms with van der Waals surface area (Å²) >= 11 is 0. The third kappa shape index (κ3) is 6.41. The van der Waals surface area contributed by atoms with E-state index in [0.29, 0.717) is 35.5 Å². The fourth-order valence-electron chi connectivity index (χ4n) is 2.37. The molecule has 2 aromatic carbocycles. The second-order valence-corrected chi connectivity index (χ2v) is 6.84. The normalized spacial score (nSPS) is 11.5. The van der Waals surface area contributed by atoms with Crippen molar-refractivity contribution in [2.24, 2.45) is 5.92 Å². The second-order valence-electron chi connectivity index (χ2n) is 6.84. The van der Waals surface area contributed by atoms with E-state index >= 15 is 0 Å². The van der Waals surface area contributed by atoms with Gasteiger partial charge in [0.2, 0.25) is 0 Å². The Morgan fingerprint density at radius 1 is 0.931 bits per heavy atom. The number of esters is 1. The lowest BCUT2D eigenvalue weighted by molar-refractivity contribution is -0.123. The van der Waals surface area contributed by atoms with Gasteiger partial charge in [-0.25, -0.2) is 4.79 Å². The number of carbonyl (C=O) groups excluding carboxylic acids is 2. The van der Waals surface area contributed by atoms with E-state index in [2.05, 4.69) is 5.32 Å². The summed E-state index contributed by atoms with van der Waals surface area (Å²) in [4.78, 5) is 24.7. The molecule has 0 aliphatic carbocycles. The van der Waals surface area contributed by atoms with E-state index in [-0.39, 0.29) is 5.56 Å². The third-order valence-corrected chi connectivity index (χ3v) is 3.98. The highest BCUT2D eigenvalue weighted by Crippen LogP contribution is 2.29. The van der Waals surface area contributed by atoms with Gasteiger partial charge in [-0.05, 0) is 55.3 Å². The molecule has 0 aromatic heterocycles. The molecule has 156 valence electrons. The molecule has 1 atom stereocenters. The van der Waals surface area contributed by atoms with Gasteiger partial charge in [-0.3, -0.25) is 4.79 Å². The van der Waals surface area contributed by atoms with Crippen LogP contribution in [0.2, 0.25) is 0 Å². The van der Waals surface area contributed by atoms with E-state index in [1.165, 1.54) is 20.1 Å². The molecule has 0 saturated heterocycles. The van der Waals surface area contributed by atoms with Crippen molar-refractivity contribution >= 4 is 17.6 Å². The van der Waals surface area contributed by atoms with Gasteiger partial charge in [-0.2, -0.15) is 0 Å². The molecule has 1 N–H and O–H groups in total. The molecule has 0 unspecified atom stereocenters. The number of carbonyl (C=O) groups is 2. The molecule has 0 aliphatic rings. The molecule has 2 rings (SSSR count). The number of ether oxygens (including phenoxy) is 4. The molecule has 0 fully saturated rings. The first kappa shape index (κ1) is 22.1. The minimum Gasteiger partial charge on any atom is -0.497 e. The lowest BCUT2D eigenvalue weighted by Gasteiger charge is -2.15. The first-order valence-electron chi connectivity index (χ1n) is 9.30. The van der Waals surface area contributed by atoms with Crippen LogP contribution in [0.1, 0.15) is 31.1 Å². The monoisotopic (exact) mass is 401 g/mol. The summed E-state index contributed by atoms with van der Waals surface area (Å²) in [6.45, 7) is 6.12. The van der Waals surface area contributed by atoms with Crippen LogP contribution in [-0.4, -0.2) is 38.8 Å². The van der Waals surface area contributed by atoms with E-state index in [1.807, 2.05) is 13.8 Å². The highest BCUT2D eigenvalue weighted by atomic mass is 16.5. The number of hydrogen-bond acceptors (Lipinski definition) is 6. The average molecular weight is 401 g/mol. The number of rotatable bonds is 9. The van der Waals surface area contributed by atoms with Crippen molar-refractivity contribution in [3.05, 3.63) is 48.0 Å². The van der Waals surface area contributed by atoms with Gasteiger partial charge in [-0.1, -0.05) is 13.8 Å². The standard InChI is InChI=1S/C22H27NO6/c1-14(2)13-28-19-11-6-16(12-20(19)27-5)22(25)29-15(3)21(24)23-17-7-9-18(26-4)10-8-17/h6-12,14-15H,13H2,1-5H3,(H,23,24)/t15-/m0/s1. The van der Waals surface area contributed by atoms with Crippen molar-refractivity contribution in [1.82, 2.24) is 0 Å². The zero-order chi connectivity index (χ0) is 21.4. The lowest BCUT2D eigenvalue weighted by Crippen LogP contribution is -2.30. The van der Waals surface area contributed by atoms with Gasteiger partial charge in [0.15, 0.2) is 17.6 Å². The fraction of sp³-hybridized carbons (Fsp3) is 0.364. The number of methoxy groups -OCH3 is 2. The van der Waals surface area contributed by atoms with Crippen LogP contribution >= 0.6 is 0 Å². The maximum Gasteiger partial charge on any atom is 0.339 e. The number of anilines is 1. The maximum atomic E-state index is 12.4. The first-order valence-corrected chi connectivity index (χ1v) is 9.30. The molecular weight excluding hydrogens is 374 g/mol. The van der Waals surface area contributed by atoms with Gasteiger partial charge in [-0.15, -0.1) is 0 Å². The van der Waals surface area contributed by atoms with Gasteiger partial charge in [0.05, 0.1) is 26.4 Å². The molecule has 0 radical (unpaired) electrons. The molecule has 0 aliphatic heterocycles. The Balaban J connectivity index is 1.99. The van der Waals surface area contributed by atoms with Crippen LogP contribution in [0.5, 0.6) is 17.2 Å². The van der Waals surface area contributed by atoms with Crippen LogP contribution < -0.4 is 19.5 Å². The Morgan fingerprint density at radius 2 is 1.62 bits per heavy atom. The lowest BCUT2D eigenvalue weighted by atomic mass is 10.2. The number of benzene rings is 2. The third-order valence-electron chi connectivity index (χ3n) is 3.98. The zero-order valence-electron chi connectivity index (χ0n) is 17.4. The molecule has 7 heteroatoms. The summed E-state index contributed by atoms with van der Waals surface area (Å²) in [6.07, 6.45) is -0.979. The van der Waals surface area contributed by atoms with Crippen LogP contribution in [0.15, 0.2) is 42.5 Å². The quantitative estimate of drug-likeness (QED) is 0.641. The largest absolute Gasteiger partial charge is 0.497 e. The second kappa shape index (κ2) is 10.4. The fourth-order valence-corrected chi connectivity index (χ4v) is 2.37. The molecule has 0 saturated carbocycles. The van der Waals surface area contributed by atoms with Crippen LogP contribution in [0.3, 0.4) is 0 Å². The Labute approximate surface area is 170 Å². The van der Waals surface area contributed by atoms with Crippen LogP contribution in [-0.2, 0) is 9.53 Å². The van der Waals surface area contributed by atoms with E-state index in [9.17, 15) is 9.59 Å². The van der Waals surface area contributed by atoms with E-state index in [4.69, 9.17) is 18.9 Å². The average Bonchev–Trinajstić information content (AvgIpc) is 2.72. The summed E-state index contributed by atoms with van der Waals surface area (Å²) in [7, 11) is 3.06. The molecule has 7 nitrogen and oxygen atoms in total. The summed E-state index contributed by atoms with van der Waals surface area (Å²) in [6, 6.07) is 11.6. The Hall–Kier alpha value is -3.22. The minimum atomic E-state index is -0.979. The highest BCUT2D eigenvalue weighted by molar-refractivity contribution is 5.97. The van der Waals surface area contributed by atoms with Gasteiger partial charge >= 0.3 is 5.97 Å². The molecular formula is C22H27NO6. The number of amides is 1. The van der Waals surface area contributed by atoms with Crippen molar-refractivity contribution in [1.29, 1.82) is 0 Å². The van der Waals surface area contributed by atoms with Crippen molar-refractivity contribution in [3.8, 4) is 17.2 Å². The van der Waals surface area contributed by atoms with Crippen molar-refractivity contribution in [2.75, 3.05) is 26.1 Å². The van der Waals surface area contributed by atoms with Crippen molar-refractivity contribution in [3.63, 3.8) is 0 Å². The Kier molecular flexibility index (Phi) is 7.88. The predicted molar refractivity (Wildman–Crippen MR) is 110 cm³/mol. The van der Waals surface area contributed by atoms with Gasteiger partial charge in [0.25, 0.3) is 5.91 Å². The van der Waals surface area contributed by atoms with Gasteiger partial charge < -0.3 is 24.3 Å². The molecule has 1 amide bonds. The Bertz CT molecular complexity index is 832. The SMILES string of the molecule is COc1ccc(NC(=O)[C@H](C)OC(=O)c2ccc(OCC(C)C)c(OC)c2)cc1. The van der Waals surface area contributed by atoms with Crippen LogP contribution in [0.25, 0.3) is 0 Å². The van der Waals surface area contributed by atoms with Gasteiger partial charge in [0, 0.05) is 5.69 Å². The number of hydrogen-bond donors (Lipinski definition) is 1. The number of nitrogens with one attached hydrogen (secondary N) is 1. The van der Waals surface area contributed by atoms with Crippen LogP contribution in [0.4, 0.5) is 5.69 Å². The molecule has 0 spiro atoms. The first-order chi connectivity index (χ1) is 13.8. The van der Waals surface area contributed by atoms with E-state index in [0.717, 1.165) is 0 Å². The van der Waals surface area contributed by atoms with Crippen molar-refractivity contribution < 1.29 is 28.5 Å². The summed E-state index contributed by atoms with van der Waals surface area (Å²) in [5, 5.41) is 2.69. The zero-order valence-corrected chi connectivity index (χ0v) is 17.4. The highest BCUT2D eigenvalue weighted by Gasteiger charge is 2.20. The van der Waals surface area contributed by atoms with Gasteiger partial charge in [0.1, 0.15) is 5.75 Å². The molecule has 2 aromatic rings. The van der Waals surface area contributed by atoms with E-state index in [1.54, 1.807) is 43.5 Å². The van der Waals surface area contributed by atoms with E-state index < -0.39 is 18.0 Å². The maximum absolute atomic E-state index is 12.4. The Morgan fingerprint density at radius 3 is 2.21 bits per heavy atom.